The van der Waals surface area contributed by atoms with Crippen molar-refractivity contribution in [1.82, 2.24) is 19.7 Å². The second kappa shape index (κ2) is 10.8. The number of pyridine rings is 1. The Morgan fingerprint density at radius 1 is 0.838 bits per heavy atom. The molecule has 0 aliphatic carbocycles. The normalized spacial score (nSPS) is 10.9. The Kier molecular flexibility index (Phi) is 7.14. The van der Waals surface area contributed by atoms with Crippen molar-refractivity contribution in [3.8, 4) is 17.1 Å². The van der Waals surface area contributed by atoms with Crippen LogP contribution in [0.1, 0.15) is 32.6 Å². The highest BCUT2D eigenvalue weighted by molar-refractivity contribution is 7.98. The SMILES string of the molecule is Cc1ccc(NC(=O)c2ccc(CSc3nnc(-c4ccncc4)n3-c3ccccc3C)cc2)cc1C. The van der Waals surface area contributed by atoms with Crippen LogP contribution in [0.25, 0.3) is 17.1 Å². The number of para-hydroxylation sites is 1. The van der Waals surface area contributed by atoms with Gasteiger partial charge in [0.05, 0.1) is 5.69 Å². The van der Waals surface area contributed by atoms with Gasteiger partial charge in [0.1, 0.15) is 0 Å². The monoisotopic (exact) mass is 505 g/mol. The van der Waals surface area contributed by atoms with Crippen molar-refractivity contribution < 1.29 is 4.79 Å². The van der Waals surface area contributed by atoms with Crippen LogP contribution in [-0.2, 0) is 5.75 Å². The molecule has 5 aromatic rings. The molecule has 6 nitrogen and oxygen atoms in total. The summed E-state index contributed by atoms with van der Waals surface area (Å²) in [5.74, 6) is 1.35. The first-order valence-electron chi connectivity index (χ1n) is 12.0. The number of rotatable bonds is 7. The zero-order valence-corrected chi connectivity index (χ0v) is 21.8. The number of carbonyl (C=O) groups excluding carboxylic acids is 1. The molecule has 2 aromatic heterocycles. The maximum atomic E-state index is 12.7. The Morgan fingerprint density at radius 2 is 1.59 bits per heavy atom. The predicted molar refractivity (Wildman–Crippen MR) is 149 cm³/mol. The first-order valence-corrected chi connectivity index (χ1v) is 13.0. The van der Waals surface area contributed by atoms with E-state index in [1.54, 1.807) is 24.2 Å². The molecule has 0 bridgehead atoms. The lowest BCUT2D eigenvalue weighted by atomic mass is 10.1. The molecule has 0 radical (unpaired) electrons. The van der Waals surface area contributed by atoms with Crippen LogP contribution in [0, 0.1) is 20.8 Å². The number of amides is 1. The van der Waals surface area contributed by atoms with Gasteiger partial charge in [-0.15, -0.1) is 10.2 Å². The lowest BCUT2D eigenvalue weighted by Crippen LogP contribution is -2.12. The summed E-state index contributed by atoms with van der Waals surface area (Å²) in [6.45, 7) is 6.18. The third-order valence-corrected chi connectivity index (χ3v) is 7.28. The Bertz CT molecular complexity index is 1540. The molecule has 0 unspecified atom stereocenters. The summed E-state index contributed by atoms with van der Waals surface area (Å²) >= 11 is 1.61. The molecule has 0 aliphatic heterocycles. The number of aryl methyl sites for hydroxylation is 3. The van der Waals surface area contributed by atoms with E-state index in [-0.39, 0.29) is 5.91 Å². The minimum Gasteiger partial charge on any atom is -0.322 e. The number of carbonyl (C=O) groups is 1. The Balaban J connectivity index is 1.34. The molecule has 1 N–H and O–H groups in total. The highest BCUT2D eigenvalue weighted by Gasteiger charge is 2.17. The van der Waals surface area contributed by atoms with Crippen LogP contribution in [0.15, 0.2) is 96.4 Å². The van der Waals surface area contributed by atoms with Gasteiger partial charge in [0.2, 0.25) is 0 Å². The van der Waals surface area contributed by atoms with E-state index in [4.69, 9.17) is 0 Å². The smallest absolute Gasteiger partial charge is 0.255 e. The molecule has 5 rings (SSSR count). The first-order chi connectivity index (χ1) is 18.0. The van der Waals surface area contributed by atoms with Crippen LogP contribution >= 0.6 is 11.8 Å². The van der Waals surface area contributed by atoms with Crippen molar-refractivity contribution in [3.05, 3.63) is 119 Å². The largest absolute Gasteiger partial charge is 0.322 e. The van der Waals surface area contributed by atoms with Crippen molar-refractivity contribution in [1.29, 1.82) is 0 Å². The molecule has 7 heteroatoms. The van der Waals surface area contributed by atoms with E-state index in [9.17, 15) is 4.79 Å². The highest BCUT2D eigenvalue weighted by atomic mass is 32.2. The standard InChI is InChI=1S/C30H27N5OS/c1-20-8-13-26(18-22(20)3)32-29(36)25-11-9-23(10-12-25)19-37-30-34-33-28(24-14-16-31-17-15-24)35(30)27-7-5-4-6-21(27)2/h4-18H,19H2,1-3H3,(H,32,36). The van der Waals surface area contributed by atoms with Crippen LogP contribution in [0.2, 0.25) is 0 Å². The molecule has 3 aromatic carbocycles. The molecule has 0 saturated carbocycles. The fraction of sp³-hybridized carbons (Fsp3) is 0.133. The summed E-state index contributed by atoms with van der Waals surface area (Å²) in [6, 6.07) is 25.7. The third kappa shape index (κ3) is 5.47. The van der Waals surface area contributed by atoms with E-state index in [0.717, 1.165) is 44.6 Å². The summed E-state index contributed by atoms with van der Waals surface area (Å²) in [6.07, 6.45) is 3.52. The van der Waals surface area contributed by atoms with Crippen molar-refractivity contribution >= 4 is 23.4 Å². The molecule has 1 amide bonds. The molecular formula is C30H27N5OS. The summed E-state index contributed by atoms with van der Waals surface area (Å²) in [5, 5.41) is 12.8. The quantitative estimate of drug-likeness (QED) is 0.246. The van der Waals surface area contributed by atoms with Gasteiger partial charge in [0, 0.05) is 35.0 Å². The number of anilines is 1. The maximum absolute atomic E-state index is 12.7. The minimum absolute atomic E-state index is 0.122. The lowest BCUT2D eigenvalue weighted by Gasteiger charge is -2.13. The number of hydrogen-bond donors (Lipinski definition) is 1. The number of thioether (sulfide) groups is 1. The van der Waals surface area contributed by atoms with Crippen LogP contribution < -0.4 is 5.32 Å². The van der Waals surface area contributed by atoms with Crippen LogP contribution in [0.3, 0.4) is 0 Å². The highest BCUT2D eigenvalue weighted by Crippen LogP contribution is 2.31. The van der Waals surface area contributed by atoms with E-state index in [1.807, 2.05) is 73.7 Å². The maximum Gasteiger partial charge on any atom is 0.255 e. The molecule has 0 atom stereocenters. The van der Waals surface area contributed by atoms with E-state index in [0.29, 0.717) is 11.3 Å². The van der Waals surface area contributed by atoms with Gasteiger partial charge >= 0.3 is 0 Å². The predicted octanol–water partition coefficient (Wildman–Crippen LogP) is 6.80. The van der Waals surface area contributed by atoms with Gasteiger partial charge in [-0.25, -0.2) is 0 Å². The van der Waals surface area contributed by atoms with Gasteiger partial charge in [-0.1, -0.05) is 48.2 Å². The Labute approximate surface area is 220 Å². The fourth-order valence-corrected chi connectivity index (χ4v) is 4.91. The molecule has 37 heavy (non-hydrogen) atoms. The molecule has 0 spiro atoms. The van der Waals surface area contributed by atoms with Crippen LogP contribution in [0.5, 0.6) is 0 Å². The molecular weight excluding hydrogens is 478 g/mol. The Morgan fingerprint density at radius 3 is 2.32 bits per heavy atom. The van der Waals surface area contributed by atoms with E-state index in [1.165, 1.54) is 5.56 Å². The summed E-state index contributed by atoms with van der Waals surface area (Å²) in [4.78, 5) is 16.9. The second-order valence-corrected chi connectivity index (χ2v) is 9.85. The molecule has 0 aliphatic rings. The Hall–Kier alpha value is -4.23. The van der Waals surface area contributed by atoms with Gasteiger partial charge in [-0.3, -0.25) is 14.3 Å². The van der Waals surface area contributed by atoms with Crippen LogP contribution in [0.4, 0.5) is 5.69 Å². The number of nitrogens with zero attached hydrogens (tertiary/aromatic N) is 4. The molecule has 0 saturated heterocycles. The number of aromatic nitrogens is 4. The topological polar surface area (TPSA) is 72.7 Å². The van der Waals surface area contributed by atoms with E-state index in [2.05, 4.69) is 51.0 Å². The van der Waals surface area contributed by atoms with Gasteiger partial charge in [-0.05, 0) is 85.5 Å². The zero-order valence-electron chi connectivity index (χ0n) is 21.0. The molecule has 184 valence electrons. The van der Waals surface area contributed by atoms with Crippen molar-refractivity contribution in [2.24, 2.45) is 0 Å². The average Bonchev–Trinajstić information content (AvgIpc) is 3.34. The number of hydrogen-bond acceptors (Lipinski definition) is 5. The van der Waals surface area contributed by atoms with E-state index < -0.39 is 0 Å². The lowest BCUT2D eigenvalue weighted by molar-refractivity contribution is 0.102. The number of benzene rings is 3. The summed E-state index contributed by atoms with van der Waals surface area (Å²) in [7, 11) is 0. The minimum atomic E-state index is -0.122. The van der Waals surface area contributed by atoms with E-state index >= 15 is 0 Å². The van der Waals surface area contributed by atoms with Gasteiger partial charge < -0.3 is 5.32 Å². The summed E-state index contributed by atoms with van der Waals surface area (Å²) < 4.78 is 2.10. The fourth-order valence-electron chi connectivity index (χ4n) is 4.01. The third-order valence-electron chi connectivity index (χ3n) is 6.28. The van der Waals surface area contributed by atoms with Gasteiger partial charge in [0.15, 0.2) is 11.0 Å². The molecule has 0 fully saturated rings. The van der Waals surface area contributed by atoms with Gasteiger partial charge in [0.25, 0.3) is 5.91 Å². The summed E-state index contributed by atoms with van der Waals surface area (Å²) in [5.41, 5.74) is 8.00. The van der Waals surface area contributed by atoms with Crippen molar-refractivity contribution in [2.75, 3.05) is 5.32 Å². The number of nitrogens with one attached hydrogen (secondary N) is 1. The zero-order chi connectivity index (χ0) is 25.8. The average molecular weight is 506 g/mol. The first kappa shape index (κ1) is 24.5. The van der Waals surface area contributed by atoms with Crippen molar-refractivity contribution in [2.45, 2.75) is 31.7 Å². The van der Waals surface area contributed by atoms with Gasteiger partial charge in [-0.2, -0.15) is 0 Å². The van der Waals surface area contributed by atoms with Crippen molar-refractivity contribution in [3.63, 3.8) is 0 Å². The second-order valence-electron chi connectivity index (χ2n) is 8.90. The molecule has 2 heterocycles. The van der Waals surface area contributed by atoms with Crippen LogP contribution in [-0.4, -0.2) is 25.7 Å².